The summed E-state index contributed by atoms with van der Waals surface area (Å²) in [5, 5.41) is 3.07. The van der Waals surface area contributed by atoms with Crippen LogP contribution in [-0.2, 0) is 0 Å². The van der Waals surface area contributed by atoms with Crippen LogP contribution < -0.4 is 16.8 Å². The van der Waals surface area contributed by atoms with E-state index in [9.17, 15) is 0 Å². The van der Waals surface area contributed by atoms with Gasteiger partial charge in [-0.25, -0.2) is 0 Å². The van der Waals surface area contributed by atoms with Crippen molar-refractivity contribution in [3.05, 3.63) is 62.0 Å². The molecule has 2 rings (SSSR count). The molecule has 1 heterocycles. The quantitative estimate of drug-likeness (QED) is 0.0943. The summed E-state index contributed by atoms with van der Waals surface area (Å²) < 4.78 is 0. The van der Waals surface area contributed by atoms with E-state index < -0.39 is 0 Å². The molecule has 1 aliphatic carbocycles. The Morgan fingerprint density at radius 3 is 1.44 bits per heavy atom. The Hall–Kier alpha value is -2.55. The monoisotopic (exact) mass is 778 g/mol. The molecule has 5 heteroatoms. The van der Waals surface area contributed by atoms with Crippen molar-refractivity contribution in [2.75, 3.05) is 33.7 Å². The second-order valence-corrected chi connectivity index (χ2v) is 16.5. The molecule has 0 aromatic carbocycles. The van der Waals surface area contributed by atoms with Crippen molar-refractivity contribution in [3.8, 4) is 12.3 Å². The fourth-order valence-corrected chi connectivity index (χ4v) is 2.75. The van der Waals surface area contributed by atoms with Gasteiger partial charge in [0, 0.05) is 30.7 Å². The third-order valence-corrected chi connectivity index (χ3v) is 5.79. The highest BCUT2D eigenvalue weighted by Crippen LogP contribution is 2.26. The van der Waals surface area contributed by atoms with Gasteiger partial charge in [-0.15, -0.1) is 25.5 Å². The van der Waals surface area contributed by atoms with E-state index in [1.54, 1.807) is 6.08 Å². The van der Waals surface area contributed by atoms with Crippen molar-refractivity contribution >= 4 is 6.72 Å². The molecule has 55 heavy (non-hydrogen) atoms. The molecule has 5 N–H and O–H groups in total. The van der Waals surface area contributed by atoms with Gasteiger partial charge in [-0.1, -0.05) is 175 Å². The number of nitrogens with two attached hydrogens (primary N) is 2. The van der Waals surface area contributed by atoms with E-state index in [0.29, 0.717) is 16.7 Å². The van der Waals surface area contributed by atoms with Crippen LogP contribution in [-0.4, -0.2) is 51.4 Å². The van der Waals surface area contributed by atoms with Crippen LogP contribution in [0, 0.1) is 35.0 Å². The summed E-state index contributed by atoms with van der Waals surface area (Å²) in [6, 6.07) is 0.789. The Morgan fingerprint density at radius 2 is 1.27 bits per heavy atom. The van der Waals surface area contributed by atoms with Crippen LogP contribution in [0.25, 0.3) is 0 Å². The summed E-state index contributed by atoms with van der Waals surface area (Å²) >= 11 is 0. The summed E-state index contributed by atoms with van der Waals surface area (Å²) in [7, 11) is 3.71. The maximum absolute atomic E-state index is 4.92. The van der Waals surface area contributed by atoms with Gasteiger partial charge >= 0.3 is 0 Å². The normalized spacial score (nSPS) is 12.9. The molecule has 332 valence electrons. The molecule has 1 saturated heterocycles. The molecule has 0 amide bonds. The van der Waals surface area contributed by atoms with Gasteiger partial charge in [0.2, 0.25) is 0 Å². The molecular formula is C50H107N5. The van der Waals surface area contributed by atoms with E-state index in [-0.39, 0.29) is 0 Å². The lowest BCUT2D eigenvalue weighted by Crippen LogP contribution is -2.24. The number of nitrogens with one attached hydrogen (secondary N) is 1. The van der Waals surface area contributed by atoms with Crippen LogP contribution in [0.5, 0.6) is 0 Å². The van der Waals surface area contributed by atoms with E-state index >= 15 is 0 Å². The van der Waals surface area contributed by atoms with Gasteiger partial charge in [-0.3, -0.25) is 0 Å². The first-order valence-corrected chi connectivity index (χ1v) is 21.2. The molecule has 1 atom stereocenters. The van der Waals surface area contributed by atoms with Gasteiger partial charge in [0.15, 0.2) is 0 Å². The fraction of sp³-hybridized carbons (Fsp3) is 0.740. The number of hydrogen-bond acceptors (Lipinski definition) is 5. The number of terminal acetylenes is 1. The van der Waals surface area contributed by atoms with Gasteiger partial charge < -0.3 is 26.7 Å². The number of likely N-dealkylation sites (tertiary alicyclic amines) is 1. The lowest BCUT2D eigenvalue weighted by Gasteiger charge is -2.18. The Bertz CT molecular complexity index is 822. The molecule has 2 fully saturated rings. The minimum Gasteiger partial charge on any atom is -0.405 e. The second-order valence-electron chi connectivity index (χ2n) is 16.5. The zero-order valence-corrected chi connectivity index (χ0v) is 41.7. The van der Waals surface area contributed by atoms with E-state index in [4.69, 9.17) is 6.42 Å². The van der Waals surface area contributed by atoms with Gasteiger partial charge in [0.05, 0.1) is 0 Å². The summed E-state index contributed by atoms with van der Waals surface area (Å²) in [5.74, 6) is 4.02. The Morgan fingerprint density at radius 1 is 0.927 bits per heavy atom. The van der Waals surface area contributed by atoms with E-state index in [1.165, 1.54) is 70.3 Å². The maximum Gasteiger partial charge on any atom is 0.0387 e. The lowest BCUT2D eigenvalue weighted by atomic mass is 9.93. The Kier molecular flexibility index (Phi) is 77.8. The van der Waals surface area contributed by atoms with Crippen LogP contribution in [0.15, 0.2) is 67.0 Å². The standard InChI is InChI=1S/C9H17N.C9H15N.C7H15N.C5H12.C5H8.C4H8.2C3H8.C2H5N.C2H6.CH5N/c1-8(2)7-9-5-4-6-10(9)3;1-5-7-10-9(4)8(3)6-2;1-7(2,3)5-6-8-4;1-5(2,3)4;1-4-5(2)3;1-4-2-3-4;2*1-3-2;1-2-3;2*1-2/h9H,1,4-7H2,2-3H3;5,10H,1,3-4,6-7H2,2H3;4-6H2,1-3H3;1-4H3;1,5H,2-3H3;4H,2-3H2,1H3;2*3H2,1-2H3;2H,1,3H2;1-2H3;2H2,1H3. The van der Waals surface area contributed by atoms with Crippen LogP contribution in [0.1, 0.15) is 182 Å². The SMILES string of the molecule is C#CC(C)C.C=C(C)CC1CCCN1C.C=CCNC(=C)C(=C)CC.C=CN.C=NCCC(C)(C)C.CC.CC(C)(C)C.CC1CC1.CCC.CCC.CN. The molecule has 0 aromatic heterocycles. The molecule has 2 aliphatic rings. The van der Waals surface area contributed by atoms with E-state index in [0.717, 1.165) is 49.2 Å². The van der Waals surface area contributed by atoms with Crippen molar-refractivity contribution in [1.82, 2.24) is 10.2 Å². The molecule has 0 radical (unpaired) electrons. The van der Waals surface area contributed by atoms with Crippen LogP contribution in [0.2, 0.25) is 0 Å². The summed E-state index contributed by atoms with van der Waals surface area (Å²) in [6.07, 6.45) is 19.5. The van der Waals surface area contributed by atoms with Crippen molar-refractivity contribution < 1.29 is 0 Å². The minimum absolute atomic E-state index is 0.412. The van der Waals surface area contributed by atoms with Gasteiger partial charge in [-0.05, 0) is 94.9 Å². The molecule has 0 aromatic rings. The first kappa shape index (κ1) is 73.5. The molecule has 1 aliphatic heterocycles. The first-order chi connectivity index (χ1) is 25.4. The van der Waals surface area contributed by atoms with Crippen molar-refractivity contribution in [2.45, 2.75) is 188 Å². The number of aliphatic imine (C=N–C) groups is 1. The molecule has 1 unspecified atom stereocenters. The number of hydrogen-bond donors (Lipinski definition) is 3. The average molecular weight is 778 g/mol. The third-order valence-electron chi connectivity index (χ3n) is 5.79. The average Bonchev–Trinajstić information content (AvgIpc) is 3.79. The lowest BCUT2D eigenvalue weighted by molar-refractivity contribution is 0.309. The zero-order chi connectivity index (χ0) is 46.1. The van der Waals surface area contributed by atoms with Crippen LogP contribution >= 0.6 is 0 Å². The third kappa shape index (κ3) is 127. The topological polar surface area (TPSA) is 79.7 Å². The molecule has 1 saturated carbocycles. The minimum atomic E-state index is 0.412. The number of nitrogens with zero attached hydrogens (tertiary/aromatic N) is 2. The number of allylic oxidation sites excluding steroid dienone is 1. The van der Waals surface area contributed by atoms with Gasteiger partial charge in [-0.2, -0.15) is 0 Å². The van der Waals surface area contributed by atoms with Crippen molar-refractivity contribution in [3.63, 3.8) is 0 Å². The van der Waals surface area contributed by atoms with Gasteiger partial charge in [0.25, 0.3) is 0 Å². The molecule has 5 nitrogen and oxygen atoms in total. The highest BCUT2D eigenvalue weighted by Gasteiger charge is 2.19. The maximum atomic E-state index is 4.92. The highest BCUT2D eigenvalue weighted by atomic mass is 15.1. The summed E-state index contributed by atoms with van der Waals surface area (Å²) in [4.78, 5) is 6.21. The van der Waals surface area contributed by atoms with Crippen LogP contribution in [0.3, 0.4) is 0 Å². The zero-order valence-electron chi connectivity index (χ0n) is 41.7. The fourth-order valence-electron chi connectivity index (χ4n) is 2.75. The predicted molar refractivity (Wildman–Crippen MR) is 265 cm³/mol. The van der Waals surface area contributed by atoms with E-state index in [1.807, 2.05) is 27.7 Å². The molecule has 0 bridgehead atoms. The Labute approximate surface area is 351 Å². The highest BCUT2D eigenvalue weighted by molar-refractivity contribution is 5.23. The number of rotatable bonds is 9. The van der Waals surface area contributed by atoms with Crippen molar-refractivity contribution in [2.24, 2.45) is 39.1 Å². The molecular weight excluding hydrogens is 671 g/mol. The predicted octanol–water partition coefficient (Wildman–Crippen LogP) is 14.7. The first-order valence-electron chi connectivity index (χ1n) is 21.2. The van der Waals surface area contributed by atoms with Crippen molar-refractivity contribution in [1.29, 1.82) is 0 Å². The van der Waals surface area contributed by atoms with Gasteiger partial charge in [0.1, 0.15) is 0 Å². The van der Waals surface area contributed by atoms with E-state index in [2.05, 4.69) is 176 Å². The Balaban J connectivity index is -0.0000000633. The molecule has 0 spiro atoms. The summed E-state index contributed by atoms with van der Waals surface area (Å²) in [6.45, 7) is 62.9. The largest absolute Gasteiger partial charge is 0.405 e. The van der Waals surface area contributed by atoms with Crippen LogP contribution in [0.4, 0.5) is 0 Å². The smallest absolute Gasteiger partial charge is 0.0387 e. The summed E-state index contributed by atoms with van der Waals surface area (Å²) in [5.41, 5.74) is 13.3. The second kappa shape index (κ2) is 58.2.